The average molecular weight is 482 g/mol. The van der Waals surface area contributed by atoms with Crippen LogP contribution in [0.4, 0.5) is 10.2 Å². The number of likely N-dealkylation sites (tertiary alicyclic amines) is 1. The van der Waals surface area contributed by atoms with Crippen LogP contribution < -0.4 is 15.0 Å². The molecule has 3 aromatic rings. The van der Waals surface area contributed by atoms with Crippen LogP contribution in [0.3, 0.4) is 0 Å². The van der Waals surface area contributed by atoms with E-state index in [2.05, 4.69) is 27.1 Å². The number of benzene rings is 2. The molecule has 8 heteroatoms. The number of nitrogens with one attached hydrogen (secondary N) is 1. The fourth-order valence-corrected chi connectivity index (χ4v) is 5.97. The third-order valence-corrected chi connectivity index (χ3v) is 7.80. The smallest absolute Gasteiger partial charge is 0.319 e. The van der Waals surface area contributed by atoms with E-state index in [-0.39, 0.29) is 11.5 Å². The molecule has 0 spiro atoms. The molecule has 1 N–H and O–H groups in total. The second kappa shape index (κ2) is 8.95. The minimum absolute atomic E-state index is 0.230. The van der Waals surface area contributed by atoms with Crippen molar-refractivity contribution < 1.29 is 9.13 Å². The molecule has 0 aliphatic carbocycles. The number of nitrogens with zero attached hydrogens (tertiary/aromatic N) is 4. The summed E-state index contributed by atoms with van der Waals surface area (Å²) < 4.78 is 22.1. The summed E-state index contributed by atoms with van der Waals surface area (Å²) in [5.41, 5.74) is 1.34. The maximum absolute atomic E-state index is 16.0. The Kier molecular flexibility index (Phi) is 5.79. The summed E-state index contributed by atoms with van der Waals surface area (Å²) in [5.74, 6) is 0.275. The number of hydrogen-bond acceptors (Lipinski definition) is 6. The molecule has 0 saturated carbocycles. The molecular formula is C26H29ClFN5O. The SMILES string of the molecule is CN1CCC[C@H]1COc1nc(N2CC3CCC(C2)N3)c2cc(Cl)c(-c3ccccc3)c(F)c2n1. The molecule has 3 atom stereocenters. The van der Waals surface area contributed by atoms with Crippen LogP contribution in [-0.4, -0.2) is 66.3 Å². The molecule has 3 fully saturated rings. The van der Waals surface area contributed by atoms with Gasteiger partial charge in [0.1, 0.15) is 17.9 Å². The number of ether oxygens (including phenoxy) is 1. The van der Waals surface area contributed by atoms with Gasteiger partial charge in [-0.15, -0.1) is 0 Å². The number of halogens is 2. The summed E-state index contributed by atoms with van der Waals surface area (Å²) >= 11 is 6.66. The van der Waals surface area contributed by atoms with Gasteiger partial charge < -0.3 is 19.9 Å². The van der Waals surface area contributed by atoms with Crippen LogP contribution in [0.5, 0.6) is 6.01 Å². The van der Waals surface area contributed by atoms with Crippen LogP contribution in [0, 0.1) is 5.82 Å². The topological polar surface area (TPSA) is 53.5 Å². The lowest BCUT2D eigenvalue weighted by Crippen LogP contribution is -2.51. The molecule has 3 aliphatic rings. The third kappa shape index (κ3) is 4.00. The van der Waals surface area contributed by atoms with Crippen LogP contribution in [0.15, 0.2) is 36.4 Å². The number of piperazine rings is 1. The number of anilines is 1. The van der Waals surface area contributed by atoms with Crippen LogP contribution in [0.2, 0.25) is 5.02 Å². The molecule has 1 aromatic heterocycles. The summed E-state index contributed by atoms with van der Waals surface area (Å²) in [6, 6.07) is 12.6. The molecule has 34 heavy (non-hydrogen) atoms. The van der Waals surface area contributed by atoms with Gasteiger partial charge in [0.15, 0.2) is 5.82 Å². The van der Waals surface area contributed by atoms with Crippen molar-refractivity contribution in [3.8, 4) is 17.1 Å². The van der Waals surface area contributed by atoms with Crippen molar-refractivity contribution in [3.05, 3.63) is 47.2 Å². The minimum Gasteiger partial charge on any atom is -0.462 e. The first-order valence-corrected chi connectivity index (χ1v) is 12.5. The molecule has 3 aliphatic heterocycles. The molecule has 4 heterocycles. The quantitative estimate of drug-likeness (QED) is 0.579. The van der Waals surface area contributed by atoms with Gasteiger partial charge in [0, 0.05) is 42.2 Å². The Bertz CT molecular complexity index is 1200. The summed E-state index contributed by atoms with van der Waals surface area (Å²) in [6.45, 7) is 3.21. The molecular weight excluding hydrogens is 453 g/mol. The zero-order valence-corrected chi connectivity index (χ0v) is 20.1. The maximum Gasteiger partial charge on any atom is 0.319 e. The van der Waals surface area contributed by atoms with Crippen LogP contribution >= 0.6 is 11.6 Å². The standard InChI is InChI=1S/C26H29ClFN5O/c1-32-11-5-8-19(32)15-34-26-30-24-20(25(31-26)33-13-17-9-10-18(14-33)29-17)12-21(27)22(23(24)28)16-6-3-2-4-7-16/h2-4,6-7,12,17-19,29H,5,8-11,13-15H2,1H3/t17?,18?,19-/m0/s1. The summed E-state index contributed by atoms with van der Waals surface area (Å²) in [6.07, 6.45) is 4.54. The summed E-state index contributed by atoms with van der Waals surface area (Å²) in [4.78, 5) is 13.9. The Morgan fingerprint density at radius 2 is 1.88 bits per heavy atom. The van der Waals surface area contributed by atoms with Crippen molar-refractivity contribution in [2.75, 3.05) is 38.2 Å². The molecule has 0 radical (unpaired) electrons. The van der Waals surface area contributed by atoms with Gasteiger partial charge in [-0.25, -0.2) is 4.39 Å². The highest BCUT2D eigenvalue weighted by Crippen LogP contribution is 2.39. The first-order chi connectivity index (χ1) is 16.6. The third-order valence-electron chi connectivity index (χ3n) is 7.50. The Balaban J connectivity index is 1.45. The second-order valence-corrected chi connectivity index (χ2v) is 10.2. The van der Waals surface area contributed by atoms with E-state index >= 15 is 4.39 Å². The number of likely N-dealkylation sites (N-methyl/N-ethyl adjacent to an activating group) is 1. The second-order valence-electron chi connectivity index (χ2n) is 9.77. The Morgan fingerprint density at radius 3 is 2.59 bits per heavy atom. The average Bonchev–Trinajstić information content (AvgIpc) is 3.41. The van der Waals surface area contributed by atoms with E-state index in [0.717, 1.165) is 50.9 Å². The van der Waals surface area contributed by atoms with Gasteiger partial charge in [-0.1, -0.05) is 41.9 Å². The van der Waals surface area contributed by atoms with Crippen molar-refractivity contribution in [1.82, 2.24) is 20.2 Å². The first-order valence-electron chi connectivity index (χ1n) is 12.2. The molecule has 178 valence electrons. The highest BCUT2D eigenvalue weighted by molar-refractivity contribution is 6.34. The maximum atomic E-state index is 16.0. The fourth-order valence-electron chi connectivity index (χ4n) is 5.67. The van der Waals surface area contributed by atoms with Crippen LogP contribution in [0.25, 0.3) is 22.0 Å². The lowest BCUT2D eigenvalue weighted by molar-refractivity contribution is 0.188. The highest BCUT2D eigenvalue weighted by Gasteiger charge is 2.34. The largest absolute Gasteiger partial charge is 0.462 e. The van der Waals surface area contributed by atoms with Crippen molar-refractivity contribution in [3.63, 3.8) is 0 Å². The zero-order valence-electron chi connectivity index (χ0n) is 19.3. The van der Waals surface area contributed by atoms with Gasteiger partial charge in [0.05, 0.1) is 5.02 Å². The van der Waals surface area contributed by atoms with Gasteiger partial charge in [0.25, 0.3) is 0 Å². The lowest BCUT2D eigenvalue weighted by Gasteiger charge is -2.34. The van der Waals surface area contributed by atoms with E-state index in [0.29, 0.717) is 46.5 Å². The number of rotatable bonds is 5. The van der Waals surface area contributed by atoms with Gasteiger partial charge in [-0.2, -0.15) is 9.97 Å². The minimum atomic E-state index is -0.432. The van der Waals surface area contributed by atoms with E-state index in [4.69, 9.17) is 21.3 Å². The molecule has 0 amide bonds. The number of aromatic nitrogens is 2. The van der Waals surface area contributed by atoms with Gasteiger partial charge in [-0.3, -0.25) is 0 Å². The van der Waals surface area contributed by atoms with E-state index in [1.807, 2.05) is 36.4 Å². The van der Waals surface area contributed by atoms with Crippen molar-refractivity contribution in [2.24, 2.45) is 0 Å². The predicted molar refractivity (Wildman–Crippen MR) is 133 cm³/mol. The van der Waals surface area contributed by atoms with E-state index < -0.39 is 5.82 Å². The highest BCUT2D eigenvalue weighted by atomic mass is 35.5. The number of hydrogen-bond donors (Lipinski definition) is 1. The normalized spacial score (nSPS) is 24.8. The number of fused-ring (bicyclic) bond motifs is 3. The monoisotopic (exact) mass is 481 g/mol. The van der Waals surface area contributed by atoms with E-state index in [1.54, 1.807) is 0 Å². The van der Waals surface area contributed by atoms with Gasteiger partial charge in [0.2, 0.25) is 0 Å². The molecule has 2 aromatic carbocycles. The molecule has 6 rings (SSSR count). The van der Waals surface area contributed by atoms with Gasteiger partial charge in [-0.05, 0) is 50.9 Å². The van der Waals surface area contributed by atoms with E-state index in [9.17, 15) is 0 Å². The zero-order chi connectivity index (χ0) is 23.2. The van der Waals surface area contributed by atoms with Crippen molar-refractivity contribution in [2.45, 2.75) is 43.8 Å². The van der Waals surface area contributed by atoms with Crippen LogP contribution in [-0.2, 0) is 0 Å². The predicted octanol–water partition coefficient (Wildman–Crippen LogP) is 4.50. The summed E-state index contributed by atoms with van der Waals surface area (Å²) in [5, 5.41) is 4.65. The van der Waals surface area contributed by atoms with Gasteiger partial charge >= 0.3 is 6.01 Å². The molecule has 6 nitrogen and oxygen atoms in total. The molecule has 2 unspecified atom stereocenters. The Labute approximate surface area is 204 Å². The Morgan fingerprint density at radius 1 is 1.12 bits per heavy atom. The molecule has 2 bridgehead atoms. The van der Waals surface area contributed by atoms with Crippen molar-refractivity contribution >= 4 is 28.3 Å². The van der Waals surface area contributed by atoms with Crippen LogP contribution in [0.1, 0.15) is 25.7 Å². The van der Waals surface area contributed by atoms with Crippen molar-refractivity contribution in [1.29, 1.82) is 0 Å². The fraction of sp³-hybridized carbons (Fsp3) is 0.462. The summed E-state index contributed by atoms with van der Waals surface area (Å²) in [7, 11) is 2.11. The Hall–Kier alpha value is -2.48. The molecule has 3 saturated heterocycles. The first kappa shape index (κ1) is 22.0. The lowest BCUT2D eigenvalue weighted by atomic mass is 10.0. The van der Waals surface area contributed by atoms with E-state index in [1.165, 1.54) is 0 Å².